The van der Waals surface area contributed by atoms with Crippen molar-refractivity contribution in [3.8, 4) is 16.9 Å². The van der Waals surface area contributed by atoms with Gasteiger partial charge in [-0.1, -0.05) is 35.9 Å². The normalized spacial score (nSPS) is 18.0. The van der Waals surface area contributed by atoms with E-state index in [2.05, 4.69) is 10.3 Å². The Morgan fingerprint density at radius 3 is 2.86 bits per heavy atom. The van der Waals surface area contributed by atoms with Crippen molar-refractivity contribution in [1.29, 1.82) is 0 Å². The number of benzene rings is 2. The lowest BCUT2D eigenvalue weighted by molar-refractivity contribution is 0.0303. The van der Waals surface area contributed by atoms with E-state index in [1.54, 1.807) is 24.4 Å². The molecule has 0 aliphatic carbocycles. The molecule has 3 aromatic rings. The second-order valence-corrected chi connectivity index (χ2v) is 9.47. The summed E-state index contributed by atoms with van der Waals surface area (Å²) >= 11 is 6.48. The van der Waals surface area contributed by atoms with Crippen LogP contribution in [0, 0.1) is 0 Å². The maximum atomic E-state index is 13.0. The molecule has 1 amide bonds. The number of carbonyl (C=O) groups is 1. The van der Waals surface area contributed by atoms with Gasteiger partial charge in [0.1, 0.15) is 23.9 Å². The number of nitrogen functional groups attached to an aromatic ring is 1. The number of hydrogen-bond donors (Lipinski definition) is 3. The molecule has 2 aliphatic heterocycles. The van der Waals surface area contributed by atoms with Crippen LogP contribution in [0.5, 0.6) is 5.75 Å². The summed E-state index contributed by atoms with van der Waals surface area (Å²) in [5.74, 6) is 1.10. The molecule has 4 N–H and O–H groups in total. The van der Waals surface area contributed by atoms with Crippen molar-refractivity contribution in [3.63, 3.8) is 0 Å². The minimum Gasteiger partial charge on any atom is -0.487 e. The van der Waals surface area contributed by atoms with E-state index in [1.807, 2.05) is 47.4 Å². The van der Waals surface area contributed by atoms with Crippen LogP contribution in [0.1, 0.15) is 21.5 Å². The van der Waals surface area contributed by atoms with Gasteiger partial charge < -0.3 is 25.2 Å². The highest BCUT2D eigenvalue weighted by Crippen LogP contribution is 2.42. The van der Waals surface area contributed by atoms with Gasteiger partial charge in [-0.2, -0.15) is 0 Å². The number of nitrogens with two attached hydrogens (primary N) is 1. The summed E-state index contributed by atoms with van der Waals surface area (Å²) in [6.07, 6.45) is 4.62. The Hall–Kier alpha value is -3.43. The number of rotatable bonds is 7. The summed E-state index contributed by atoms with van der Waals surface area (Å²) < 4.78 is 11.5. The summed E-state index contributed by atoms with van der Waals surface area (Å²) in [5, 5.41) is 14.0. The molecular formula is C28H29ClN4O4. The molecule has 0 saturated carbocycles. The first-order chi connectivity index (χ1) is 18.0. The molecule has 192 valence electrons. The molecule has 8 nitrogen and oxygen atoms in total. The van der Waals surface area contributed by atoms with Gasteiger partial charge in [-0.15, -0.1) is 0 Å². The maximum Gasteiger partial charge on any atom is 0.254 e. The monoisotopic (exact) mass is 520 g/mol. The molecule has 2 aromatic carbocycles. The quantitative estimate of drug-likeness (QED) is 0.410. The average Bonchev–Trinajstić information content (AvgIpc) is 3.37. The van der Waals surface area contributed by atoms with Crippen LogP contribution in [0.2, 0.25) is 5.02 Å². The zero-order chi connectivity index (χ0) is 25.8. The number of morpholine rings is 1. The number of aliphatic hydroxyl groups excluding tert-OH is 1. The van der Waals surface area contributed by atoms with Gasteiger partial charge in [-0.25, -0.2) is 4.98 Å². The lowest BCUT2D eigenvalue weighted by atomic mass is 9.95. The zero-order valence-corrected chi connectivity index (χ0v) is 21.0. The predicted octanol–water partition coefficient (Wildman–Crippen LogP) is 3.38. The molecule has 9 heteroatoms. The van der Waals surface area contributed by atoms with Crippen LogP contribution in [0.3, 0.4) is 0 Å². The number of anilines is 1. The van der Waals surface area contributed by atoms with Crippen molar-refractivity contribution >= 4 is 29.4 Å². The van der Waals surface area contributed by atoms with E-state index in [-0.39, 0.29) is 12.0 Å². The molecule has 2 unspecified atom stereocenters. The molecule has 37 heavy (non-hydrogen) atoms. The van der Waals surface area contributed by atoms with Crippen LogP contribution in [0.25, 0.3) is 17.2 Å². The van der Waals surface area contributed by atoms with E-state index < -0.39 is 6.23 Å². The van der Waals surface area contributed by atoms with Crippen LogP contribution in [-0.4, -0.2) is 66.1 Å². The molecule has 3 heterocycles. The largest absolute Gasteiger partial charge is 0.487 e. The van der Waals surface area contributed by atoms with Crippen molar-refractivity contribution in [3.05, 3.63) is 82.5 Å². The van der Waals surface area contributed by atoms with E-state index in [9.17, 15) is 9.90 Å². The van der Waals surface area contributed by atoms with Crippen molar-refractivity contribution in [2.75, 3.05) is 38.6 Å². The van der Waals surface area contributed by atoms with E-state index in [1.165, 1.54) is 0 Å². The molecule has 1 aromatic heterocycles. The Bertz CT molecular complexity index is 1290. The fourth-order valence-electron chi connectivity index (χ4n) is 4.56. The number of fused-ring (bicyclic) bond motifs is 1. The summed E-state index contributed by atoms with van der Waals surface area (Å²) in [5.41, 5.74) is 10.00. The Morgan fingerprint density at radius 2 is 2.08 bits per heavy atom. The van der Waals surface area contributed by atoms with Gasteiger partial charge in [0.2, 0.25) is 0 Å². The van der Waals surface area contributed by atoms with Crippen molar-refractivity contribution in [2.24, 2.45) is 0 Å². The second-order valence-electron chi connectivity index (χ2n) is 9.06. The molecule has 0 radical (unpaired) electrons. The van der Waals surface area contributed by atoms with Crippen molar-refractivity contribution in [2.45, 2.75) is 18.8 Å². The molecule has 0 bridgehead atoms. The Morgan fingerprint density at radius 1 is 1.24 bits per heavy atom. The fourth-order valence-corrected chi connectivity index (χ4v) is 4.78. The molecular weight excluding hydrogens is 492 g/mol. The summed E-state index contributed by atoms with van der Waals surface area (Å²) in [6.45, 7) is 2.74. The Labute approximate surface area is 220 Å². The maximum absolute atomic E-state index is 13.0. The van der Waals surface area contributed by atoms with Gasteiger partial charge in [-0.05, 0) is 53.1 Å². The average molecular weight is 521 g/mol. The number of carbonyl (C=O) groups excluding carboxylic acids is 1. The Kier molecular flexibility index (Phi) is 7.71. The van der Waals surface area contributed by atoms with E-state index in [0.29, 0.717) is 61.4 Å². The smallest absolute Gasteiger partial charge is 0.254 e. The molecule has 1 saturated heterocycles. The van der Waals surface area contributed by atoms with Gasteiger partial charge in [0, 0.05) is 43.4 Å². The van der Waals surface area contributed by atoms with Crippen LogP contribution in [0.4, 0.5) is 5.82 Å². The van der Waals surface area contributed by atoms with E-state index in [0.717, 1.165) is 22.3 Å². The molecule has 5 rings (SSSR count). The third-order valence-corrected chi connectivity index (χ3v) is 6.78. The van der Waals surface area contributed by atoms with Gasteiger partial charge in [-0.3, -0.25) is 10.1 Å². The SMILES string of the molecule is Nc1ccc(/C=C/C(O)NCC2Cc3c(-c4cccc(C(=O)N5CCOCC5)c4)ccc(Cl)c3O2)cn1. The van der Waals surface area contributed by atoms with Crippen LogP contribution >= 0.6 is 11.6 Å². The highest BCUT2D eigenvalue weighted by Gasteiger charge is 2.28. The first kappa shape index (κ1) is 25.2. The van der Waals surface area contributed by atoms with E-state index in [4.69, 9.17) is 26.8 Å². The number of amides is 1. The van der Waals surface area contributed by atoms with Crippen LogP contribution in [0.15, 0.2) is 60.8 Å². The minimum atomic E-state index is -0.859. The minimum absolute atomic E-state index is 0.00544. The first-order valence-electron chi connectivity index (χ1n) is 12.2. The first-order valence-corrected chi connectivity index (χ1v) is 12.6. The summed E-state index contributed by atoms with van der Waals surface area (Å²) in [7, 11) is 0. The third-order valence-electron chi connectivity index (χ3n) is 6.48. The van der Waals surface area contributed by atoms with Gasteiger partial charge in [0.15, 0.2) is 0 Å². The number of hydrogen-bond acceptors (Lipinski definition) is 7. The number of nitrogens with one attached hydrogen (secondary N) is 1. The van der Waals surface area contributed by atoms with Crippen LogP contribution in [-0.2, 0) is 11.2 Å². The summed E-state index contributed by atoms with van der Waals surface area (Å²) in [4.78, 5) is 18.9. The van der Waals surface area contributed by atoms with Gasteiger partial charge in [0.25, 0.3) is 5.91 Å². The van der Waals surface area contributed by atoms with Gasteiger partial charge >= 0.3 is 0 Å². The third kappa shape index (κ3) is 5.94. The second kappa shape index (κ2) is 11.3. The summed E-state index contributed by atoms with van der Waals surface area (Å²) in [6, 6.07) is 15.0. The number of aromatic nitrogens is 1. The zero-order valence-electron chi connectivity index (χ0n) is 20.3. The highest BCUT2D eigenvalue weighted by atomic mass is 35.5. The molecule has 2 aliphatic rings. The fraction of sp³-hybridized carbons (Fsp3) is 0.286. The standard InChI is InChI=1S/C28H29ClN4O4/c29-24-7-6-22(19-2-1-3-20(14-19)28(35)33-10-12-36-13-11-33)23-15-21(37-27(23)24)17-32-26(34)9-5-18-4-8-25(30)31-16-18/h1-9,14,16,21,26,32,34H,10-13,15,17H2,(H2,30,31)/b9-5+. The predicted molar refractivity (Wildman–Crippen MR) is 143 cm³/mol. The van der Waals surface area contributed by atoms with E-state index >= 15 is 0 Å². The number of halogens is 1. The highest BCUT2D eigenvalue weighted by molar-refractivity contribution is 6.32. The number of ether oxygens (including phenoxy) is 2. The topological polar surface area (TPSA) is 110 Å². The van der Waals surface area contributed by atoms with Crippen molar-refractivity contribution in [1.82, 2.24) is 15.2 Å². The van der Waals surface area contributed by atoms with Crippen LogP contribution < -0.4 is 15.8 Å². The number of aliphatic hydroxyl groups is 1. The Balaban J connectivity index is 1.26. The lowest BCUT2D eigenvalue weighted by Gasteiger charge is -2.27. The van der Waals surface area contributed by atoms with Gasteiger partial charge in [0.05, 0.1) is 18.2 Å². The molecule has 1 fully saturated rings. The lowest BCUT2D eigenvalue weighted by Crippen LogP contribution is -2.40. The van der Waals surface area contributed by atoms with Crippen molar-refractivity contribution < 1.29 is 19.4 Å². The number of nitrogens with zero attached hydrogens (tertiary/aromatic N) is 2. The number of pyridine rings is 1. The molecule has 2 atom stereocenters. The molecule has 0 spiro atoms.